The Bertz CT molecular complexity index is 2600. The van der Waals surface area contributed by atoms with E-state index in [1.807, 2.05) is 89.5 Å². The first-order valence-corrected chi connectivity index (χ1v) is 20.0. The zero-order valence-electron chi connectivity index (χ0n) is 32.5. The lowest BCUT2D eigenvalue weighted by molar-refractivity contribution is -0.135. The fraction of sp³-hybridized carbons (Fsp3) is 0.255. The van der Waals surface area contributed by atoms with E-state index in [0.29, 0.717) is 12.1 Å². The molecule has 0 saturated carbocycles. The number of amides is 3. The molecule has 2 saturated heterocycles. The number of rotatable bonds is 9. The number of aromatic nitrogens is 4. The number of methoxy groups -OCH3 is 1. The van der Waals surface area contributed by atoms with Gasteiger partial charge in [-0.15, -0.1) is 0 Å². The third-order valence-corrected chi connectivity index (χ3v) is 11.8. The van der Waals surface area contributed by atoms with Crippen molar-refractivity contribution >= 4 is 40.0 Å². The summed E-state index contributed by atoms with van der Waals surface area (Å²) < 4.78 is 4.85. The smallest absolute Gasteiger partial charge is 0.407 e. The lowest BCUT2D eigenvalue weighted by Crippen LogP contribution is -2.42. The molecule has 2 aliphatic rings. The highest BCUT2D eigenvalue weighted by Crippen LogP contribution is 2.37. The van der Waals surface area contributed by atoms with Gasteiger partial charge in [-0.1, -0.05) is 97.1 Å². The normalized spacial score (nSPS) is 17.8. The molecule has 3 N–H and O–H groups in total. The van der Waals surface area contributed by atoms with E-state index in [1.54, 1.807) is 0 Å². The van der Waals surface area contributed by atoms with Crippen LogP contribution in [0.3, 0.4) is 0 Å². The summed E-state index contributed by atoms with van der Waals surface area (Å²) in [5, 5.41) is 2.73. The molecule has 2 fully saturated rings. The van der Waals surface area contributed by atoms with Crippen LogP contribution < -0.4 is 5.32 Å². The number of likely N-dealkylation sites (tertiary alicyclic amines) is 2. The molecule has 4 heterocycles. The lowest BCUT2D eigenvalue weighted by atomic mass is 9.99. The summed E-state index contributed by atoms with van der Waals surface area (Å²) in [6.45, 7) is 3.28. The molecule has 7 aromatic rings. The minimum absolute atomic E-state index is 0.0704. The number of alkyl carbamates (subject to hydrolysis) is 1. The number of nitrogens with zero attached hydrogens (tertiary/aromatic N) is 4. The van der Waals surface area contributed by atoms with Crippen LogP contribution in [-0.2, 0) is 14.3 Å². The van der Waals surface area contributed by atoms with Gasteiger partial charge in [0.05, 0.1) is 47.2 Å². The molecule has 9 rings (SSSR count). The Hall–Kier alpha value is -6.75. The van der Waals surface area contributed by atoms with Crippen LogP contribution in [0.4, 0.5) is 4.79 Å². The molecule has 292 valence electrons. The number of carbonyl (C=O) groups is 3. The van der Waals surface area contributed by atoms with Crippen molar-refractivity contribution in [1.29, 1.82) is 0 Å². The van der Waals surface area contributed by atoms with E-state index in [4.69, 9.17) is 14.7 Å². The van der Waals surface area contributed by atoms with Gasteiger partial charge in [-0.25, -0.2) is 14.8 Å². The summed E-state index contributed by atoms with van der Waals surface area (Å²) in [5.74, 6) is 1.29. The first kappa shape index (κ1) is 36.9. The van der Waals surface area contributed by atoms with Gasteiger partial charge >= 0.3 is 6.09 Å². The minimum Gasteiger partial charge on any atom is -0.453 e. The maximum atomic E-state index is 14.0. The summed E-state index contributed by atoms with van der Waals surface area (Å²) in [4.78, 5) is 60.6. The first-order chi connectivity index (χ1) is 28.3. The molecular formula is C47H45N7O4. The highest BCUT2D eigenvalue weighted by molar-refractivity contribution is 5.88. The zero-order valence-corrected chi connectivity index (χ0v) is 32.5. The van der Waals surface area contributed by atoms with Crippen LogP contribution in [-0.4, -0.2) is 67.8 Å². The molecule has 58 heavy (non-hydrogen) atoms. The summed E-state index contributed by atoms with van der Waals surface area (Å²) in [7, 11) is 1.29. The van der Waals surface area contributed by atoms with E-state index in [2.05, 4.69) is 63.8 Å². The number of benzene rings is 5. The highest BCUT2D eigenvalue weighted by atomic mass is 16.5. The molecular weight excluding hydrogens is 727 g/mol. The van der Waals surface area contributed by atoms with E-state index < -0.39 is 12.1 Å². The van der Waals surface area contributed by atoms with Gasteiger partial charge in [-0.05, 0) is 90.3 Å². The van der Waals surface area contributed by atoms with Gasteiger partial charge < -0.3 is 29.8 Å². The molecule has 0 spiro atoms. The first-order valence-electron chi connectivity index (χ1n) is 20.0. The third-order valence-electron chi connectivity index (χ3n) is 11.8. The van der Waals surface area contributed by atoms with Crippen molar-refractivity contribution in [3.05, 3.63) is 144 Å². The Morgan fingerprint density at radius 2 is 1.10 bits per heavy atom. The van der Waals surface area contributed by atoms with Gasteiger partial charge in [0.15, 0.2) is 0 Å². The summed E-state index contributed by atoms with van der Waals surface area (Å²) in [6.07, 6.45) is 2.77. The molecule has 5 aromatic carbocycles. The maximum absolute atomic E-state index is 14.0. The fourth-order valence-electron chi connectivity index (χ4n) is 8.63. The number of carbonyl (C=O) groups excluding carboxylic acids is 3. The molecule has 3 amide bonds. The van der Waals surface area contributed by atoms with E-state index in [9.17, 15) is 14.4 Å². The van der Waals surface area contributed by atoms with Gasteiger partial charge in [0.1, 0.15) is 17.7 Å². The fourth-order valence-corrected chi connectivity index (χ4v) is 8.63. The Balaban J connectivity index is 0.910. The van der Waals surface area contributed by atoms with Gasteiger partial charge in [-0.2, -0.15) is 0 Å². The van der Waals surface area contributed by atoms with E-state index in [-0.39, 0.29) is 29.8 Å². The van der Waals surface area contributed by atoms with Gasteiger partial charge in [0.25, 0.3) is 5.91 Å². The Morgan fingerprint density at radius 1 is 0.638 bits per heavy atom. The molecule has 0 aliphatic carbocycles. The number of H-pyrrole nitrogens is 2. The second-order valence-corrected chi connectivity index (χ2v) is 15.3. The largest absolute Gasteiger partial charge is 0.453 e. The molecule has 2 aliphatic heterocycles. The van der Waals surface area contributed by atoms with Crippen molar-refractivity contribution in [2.75, 3.05) is 20.2 Å². The topological polar surface area (TPSA) is 136 Å². The van der Waals surface area contributed by atoms with Crippen LogP contribution in [0, 0.1) is 0 Å². The standard InChI is InChI=1S/C47H45N7O4/c1-29(30-11-5-3-6-12-30)45(55)53-25-9-15-40(53)43-48-36-23-21-34(27-38(36)50-43)31-17-19-32(20-18-31)35-22-24-37-39(28-35)51-44(49-37)41-16-10-26-54(41)46(56)42(52-47(57)58-2)33-13-7-4-8-14-33/h3-8,11-14,17-24,27-29,40-42H,9-10,15-16,25-26H2,1-2H3,(H,48,50)(H,49,51)(H,52,57)/t29-,40+,41+,42-/m1/s1. The minimum atomic E-state index is -0.874. The molecule has 4 atom stereocenters. The number of fused-ring (bicyclic) bond motifs is 2. The number of hydrogen-bond donors (Lipinski definition) is 3. The average molecular weight is 772 g/mol. The van der Waals surface area contributed by atoms with Crippen molar-refractivity contribution in [3.63, 3.8) is 0 Å². The van der Waals surface area contributed by atoms with Crippen molar-refractivity contribution < 1.29 is 19.1 Å². The highest BCUT2D eigenvalue weighted by Gasteiger charge is 2.37. The van der Waals surface area contributed by atoms with Crippen molar-refractivity contribution in [2.45, 2.75) is 56.7 Å². The number of imidazole rings is 2. The summed E-state index contributed by atoms with van der Waals surface area (Å²) >= 11 is 0. The number of ether oxygens (including phenoxy) is 1. The van der Waals surface area contributed by atoms with Gasteiger partial charge in [-0.3, -0.25) is 9.59 Å². The Morgan fingerprint density at radius 3 is 1.60 bits per heavy atom. The maximum Gasteiger partial charge on any atom is 0.407 e. The van der Waals surface area contributed by atoms with Crippen LogP contribution >= 0.6 is 0 Å². The second-order valence-electron chi connectivity index (χ2n) is 15.3. The van der Waals surface area contributed by atoms with Crippen LogP contribution in [0.2, 0.25) is 0 Å². The molecule has 0 unspecified atom stereocenters. The average Bonchev–Trinajstić information content (AvgIpc) is 4.11. The molecule has 0 radical (unpaired) electrons. The van der Waals surface area contributed by atoms with Crippen molar-refractivity contribution in [2.24, 2.45) is 0 Å². The van der Waals surface area contributed by atoms with Crippen LogP contribution in [0.25, 0.3) is 44.3 Å². The van der Waals surface area contributed by atoms with Crippen molar-refractivity contribution in [1.82, 2.24) is 35.1 Å². The van der Waals surface area contributed by atoms with E-state index in [1.165, 1.54) is 7.11 Å². The van der Waals surface area contributed by atoms with E-state index >= 15 is 0 Å². The molecule has 2 aromatic heterocycles. The number of nitrogens with one attached hydrogen (secondary N) is 3. The Kier molecular flexibility index (Phi) is 9.95. The van der Waals surface area contributed by atoms with Gasteiger partial charge in [0, 0.05) is 13.1 Å². The van der Waals surface area contributed by atoms with E-state index in [0.717, 1.165) is 93.8 Å². The van der Waals surface area contributed by atoms with Gasteiger partial charge in [0.2, 0.25) is 5.91 Å². The predicted molar refractivity (Wildman–Crippen MR) is 224 cm³/mol. The number of hydrogen-bond acceptors (Lipinski definition) is 6. The third kappa shape index (κ3) is 7.08. The lowest BCUT2D eigenvalue weighted by Gasteiger charge is -2.28. The van der Waals surface area contributed by atoms with Crippen LogP contribution in [0.15, 0.2) is 121 Å². The van der Waals surface area contributed by atoms with Crippen molar-refractivity contribution in [3.8, 4) is 22.3 Å². The van der Waals surface area contributed by atoms with Crippen LogP contribution in [0.5, 0.6) is 0 Å². The van der Waals surface area contributed by atoms with Crippen LogP contribution in [0.1, 0.15) is 79.4 Å². The predicted octanol–water partition coefficient (Wildman–Crippen LogP) is 9.00. The second kappa shape index (κ2) is 15.7. The number of aromatic amines is 2. The SMILES string of the molecule is COC(=O)N[C@@H](C(=O)N1CCC[C@H]1c1nc2ccc(-c3ccc(-c4ccc5nc([C@@H]6CCCN6C(=O)[C@H](C)c6ccccc6)[nH]c5c4)cc3)cc2[nH]1)c1ccccc1. The zero-order chi connectivity index (χ0) is 39.8. The molecule has 11 nitrogen and oxygen atoms in total. The monoisotopic (exact) mass is 771 g/mol. The molecule has 0 bridgehead atoms. The summed E-state index contributed by atoms with van der Waals surface area (Å²) in [6, 6.07) is 39.0. The Labute approximate surface area is 336 Å². The summed E-state index contributed by atoms with van der Waals surface area (Å²) in [5.41, 5.74) is 9.54. The quantitative estimate of drug-likeness (QED) is 0.134. The molecule has 11 heteroatoms.